The van der Waals surface area contributed by atoms with E-state index in [1.807, 2.05) is 0 Å². The second-order valence-electron chi connectivity index (χ2n) is 9.51. The van der Waals surface area contributed by atoms with E-state index in [1.54, 1.807) is 0 Å². The lowest BCUT2D eigenvalue weighted by Crippen LogP contribution is -2.38. The van der Waals surface area contributed by atoms with Crippen molar-refractivity contribution in [2.45, 2.75) is 77.3 Å². The zero-order chi connectivity index (χ0) is 21.7. The molecule has 2 N–H and O–H groups in total. The van der Waals surface area contributed by atoms with Gasteiger partial charge in [0.15, 0.2) is 0 Å². The van der Waals surface area contributed by atoms with Gasteiger partial charge in [-0.1, -0.05) is 37.1 Å². The fraction of sp³-hybridized carbons (Fsp3) is 0.731. The number of amides is 1. The van der Waals surface area contributed by atoms with Crippen LogP contribution < -0.4 is 10.6 Å². The van der Waals surface area contributed by atoms with Crippen LogP contribution in [0.5, 0.6) is 0 Å². The smallest absolute Gasteiger partial charge is 0.224 e. The zero-order valence-electron chi connectivity index (χ0n) is 19.7. The van der Waals surface area contributed by atoms with Crippen molar-refractivity contribution >= 4 is 5.91 Å². The molecule has 0 aromatic heterocycles. The first-order valence-corrected chi connectivity index (χ1v) is 12.7. The van der Waals surface area contributed by atoms with E-state index in [4.69, 9.17) is 0 Å². The highest BCUT2D eigenvalue weighted by molar-refractivity contribution is 5.78. The second kappa shape index (κ2) is 13.9. The summed E-state index contributed by atoms with van der Waals surface area (Å²) in [6.07, 6.45) is 10.9. The van der Waals surface area contributed by atoms with Gasteiger partial charge in [0.05, 0.1) is 6.42 Å². The van der Waals surface area contributed by atoms with E-state index in [2.05, 4.69) is 51.6 Å². The van der Waals surface area contributed by atoms with Crippen molar-refractivity contribution in [2.75, 3.05) is 45.8 Å². The van der Waals surface area contributed by atoms with E-state index in [-0.39, 0.29) is 5.91 Å². The molecule has 3 rings (SSSR count). The minimum absolute atomic E-state index is 0.136. The molecular formula is C26H44N4O. The Kier molecular flexibility index (Phi) is 10.8. The Morgan fingerprint density at radius 3 is 2.39 bits per heavy atom. The SMILES string of the molecule is CC1CCCCN1CCCNCc1ccc(CC(=O)NCCCN2CCCCC2)cc1. The van der Waals surface area contributed by atoms with Gasteiger partial charge >= 0.3 is 0 Å². The molecule has 2 aliphatic heterocycles. The van der Waals surface area contributed by atoms with Gasteiger partial charge in [-0.2, -0.15) is 0 Å². The molecule has 1 unspecified atom stereocenters. The number of nitrogens with one attached hydrogen (secondary N) is 2. The van der Waals surface area contributed by atoms with Gasteiger partial charge in [-0.3, -0.25) is 4.79 Å². The first-order valence-electron chi connectivity index (χ1n) is 12.7. The molecule has 1 aromatic carbocycles. The summed E-state index contributed by atoms with van der Waals surface area (Å²) in [6.45, 7) is 11.2. The first kappa shape index (κ1) is 24.2. The quantitative estimate of drug-likeness (QED) is 0.500. The van der Waals surface area contributed by atoms with Gasteiger partial charge in [-0.05, 0) is 95.8 Å². The number of benzene rings is 1. The number of rotatable bonds is 12. The number of hydrogen-bond acceptors (Lipinski definition) is 4. The summed E-state index contributed by atoms with van der Waals surface area (Å²) in [5.41, 5.74) is 2.38. The van der Waals surface area contributed by atoms with E-state index in [9.17, 15) is 4.79 Å². The van der Waals surface area contributed by atoms with E-state index >= 15 is 0 Å². The van der Waals surface area contributed by atoms with Gasteiger partial charge in [-0.15, -0.1) is 0 Å². The number of carbonyl (C=O) groups excluding carboxylic acids is 1. The largest absolute Gasteiger partial charge is 0.356 e. The second-order valence-corrected chi connectivity index (χ2v) is 9.51. The maximum absolute atomic E-state index is 12.2. The van der Waals surface area contributed by atoms with Crippen LogP contribution in [0.15, 0.2) is 24.3 Å². The van der Waals surface area contributed by atoms with Crippen molar-refractivity contribution in [1.29, 1.82) is 0 Å². The Morgan fingerprint density at radius 1 is 0.903 bits per heavy atom. The topological polar surface area (TPSA) is 47.6 Å². The zero-order valence-corrected chi connectivity index (χ0v) is 19.7. The van der Waals surface area contributed by atoms with Crippen LogP contribution in [0.2, 0.25) is 0 Å². The number of piperidine rings is 2. The molecule has 1 atom stereocenters. The van der Waals surface area contributed by atoms with Crippen LogP contribution in [0.3, 0.4) is 0 Å². The number of nitrogens with zero attached hydrogens (tertiary/aromatic N) is 2. The predicted octanol–water partition coefficient (Wildman–Crippen LogP) is 3.58. The molecule has 2 aliphatic rings. The summed E-state index contributed by atoms with van der Waals surface area (Å²) >= 11 is 0. The van der Waals surface area contributed by atoms with Crippen LogP contribution in [0.25, 0.3) is 0 Å². The molecule has 5 nitrogen and oxygen atoms in total. The number of hydrogen-bond donors (Lipinski definition) is 2. The highest BCUT2D eigenvalue weighted by atomic mass is 16.1. The molecule has 1 aromatic rings. The molecular weight excluding hydrogens is 384 g/mol. The van der Waals surface area contributed by atoms with Gasteiger partial charge in [0, 0.05) is 19.1 Å². The van der Waals surface area contributed by atoms with Crippen molar-refractivity contribution in [3.63, 3.8) is 0 Å². The van der Waals surface area contributed by atoms with Crippen molar-refractivity contribution in [3.05, 3.63) is 35.4 Å². The van der Waals surface area contributed by atoms with E-state index in [1.165, 1.54) is 76.7 Å². The van der Waals surface area contributed by atoms with Crippen LogP contribution >= 0.6 is 0 Å². The third kappa shape index (κ3) is 9.30. The molecule has 0 bridgehead atoms. The minimum atomic E-state index is 0.136. The maximum Gasteiger partial charge on any atom is 0.224 e. The normalized spacial score (nSPS) is 20.6. The molecule has 0 radical (unpaired) electrons. The lowest BCUT2D eigenvalue weighted by molar-refractivity contribution is -0.120. The molecule has 0 spiro atoms. The van der Waals surface area contributed by atoms with Crippen molar-refractivity contribution in [3.8, 4) is 0 Å². The van der Waals surface area contributed by atoms with E-state index in [0.717, 1.165) is 44.2 Å². The van der Waals surface area contributed by atoms with Crippen LogP contribution in [0, 0.1) is 0 Å². The van der Waals surface area contributed by atoms with E-state index in [0.29, 0.717) is 6.42 Å². The molecule has 31 heavy (non-hydrogen) atoms. The number of likely N-dealkylation sites (tertiary alicyclic amines) is 2. The number of carbonyl (C=O) groups is 1. The average Bonchev–Trinajstić information content (AvgIpc) is 2.79. The first-order chi connectivity index (χ1) is 15.2. The summed E-state index contributed by atoms with van der Waals surface area (Å²) in [4.78, 5) is 17.4. The van der Waals surface area contributed by atoms with Gasteiger partial charge in [-0.25, -0.2) is 0 Å². The molecule has 5 heteroatoms. The van der Waals surface area contributed by atoms with Gasteiger partial charge in [0.1, 0.15) is 0 Å². The van der Waals surface area contributed by atoms with Crippen molar-refractivity contribution in [1.82, 2.24) is 20.4 Å². The molecule has 174 valence electrons. The van der Waals surface area contributed by atoms with Crippen LogP contribution in [-0.4, -0.2) is 67.6 Å². The Morgan fingerprint density at radius 2 is 1.61 bits per heavy atom. The van der Waals surface area contributed by atoms with Crippen LogP contribution in [0.4, 0.5) is 0 Å². The summed E-state index contributed by atoms with van der Waals surface area (Å²) in [7, 11) is 0. The summed E-state index contributed by atoms with van der Waals surface area (Å²) < 4.78 is 0. The monoisotopic (exact) mass is 428 g/mol. The van der Waals surface area contributed by atoms with Crippen molar-refractivity contribution < 1.29 is 4.79 Å². The molecule has 2 saturated heterocycles. The standard InChI is InChI=1S/C26H44N4O/c1-23-9-3-6-19-30(23)20-7-14-27-22-25-12-10-24(11-13-25)21-26(31)28-15-8-18-29-16-4-2-5-17-29/h10-13,23,27H,2-9,14-22H2,1H3,(H,28,31). The fourth-order valence-corrected chi connectivity index (χ4v) is 4.87. The molecule has 1 amide bonds. The predicted molar refractivity (Wildman–Crippen MR) is 129 cm³/mol. The molecule has 0 saturated carbocycles. The van der Waals surface area contributed by atoms with Gasteiger partial charge < -0.3 is 20.4 Å². The summed E-state index contributed by atoms with van der Waals surface area (Å²) in [5, 5.41) is 6.65. The average molecular weight is 429 g/mol. The third-order valence-corrected chi connectivity index (χ3v) is 6.88. The maximum atomic E-state index is 12.2. The summed E-state index contributed by atoms with van der Waals surface area (Å²) in [6, 6.07) is 9.25. The molecule has 2 fully saturated rings. The van der Waals surface area contributed by atoms with Crippen LogP contribution in [-0.2, 0) is 17.8 Å². The van der Waals surface area contributed by atoms with Gasteiger partial charge in [0.2, 0.25) is 5.91 Å². The van der Waals surface area contributed by atoms with Crippen LogP contribution in [0.1, 0.15) is 69.4 Å². The third-order valence-electron chi connectivity index (χ3n) is 6.88. The Bertz CT molecular complexity index is 627. The summed E-state index contributed by atoms with van der Waals surface area (Å²) in [5.74, 6) is 0.136. The van der Waals surface area contributed by atoms with E-state index < -0.39 is 0 Å². The Labute approximate surface area is 189 Å². The lowest BCUT2D eigenvalue weighted by Gasteiger charge is -2.33. The fourth-order valence-electron chi connectivity index (χ4n) is 4.87. The van der Waals surface area contributed by atoms with Gasteiger partial charge in [0.25, 0.3) is 0 Å². The molecule has 2 heterocycles. The molecule has 0 aliphatic carbocycles. The highest BCUT2D eigenvalue weighted by Crippen LogP contribution is 2.16. The van der Waals surface area contributed by atoms with Crippen molar-refractivity contribution in [2.24, 2.45) is 0 Å². The lowest BCUT2D eigenvalue weighted by atomic mass is 10.0. The highest BCUT2D eigenvalue weighted by Gasteiger charge is 2.17. The Hall–Kier alpha value is -1.43. The Balaban J connectivity index is 1.23. The minimum Gasteiger partial charge on any atom is -0.356 e.